The lowest BCUT2D eigenvalue weighted by Gasteiger charge is -2.17. The van der Waals surface area contributed by atoms with Crippen molar-refractivity contribution < 1.29 is 27.5 Å². The molecule has 0 saturated heterocycles. The molecule has 2 rings (SSSR count). The summed E-state index contributed by atoms with van der Waals surface area (Å²) in [6, 6.07) is 10.1. The van der Waals surface area contributed by atoms with Gasteiger partial charge >= 0.3 is 5.97 Å². The van der Waals surface area contributed by atoms with Crippen LogP contribution < -0.4 is 14.8 Å². The Hall–Kier alpha value is -2.91. The number of carbonyl (C=O) groups is 2. The van der Waals surface area contributed by atoms with Gasteiger partial charge in [-0.15, -0.1) is 0 Å². The molecule has 0 heterocycles. The Labute approximate surface area is 195 Å². The fraction of sp³-hybridized carbons (Fsp3) is 0.417. The van der Waals surface area contributed by atoms with E-state index in [0.29, 0.717) is 17.9 Å². The molecule has 33 heavy (non-hydrogen) atoms. The smallest absolute Gasteiger partial charge is 0.338 e. The van der Waals surface area contributed by atoms with Crippen molar-refractivity contribution >= 4 is 27.6 Å². The first kappa shape index (κ1) is 26.3. The SMILES string of the molecule is CCCCOC(=O)c1ccc(NC(=O)C(C)NS(=O)(=O)c2cc(C(C)C)ccc2OC)cc1. The van der Waals surface area contributed by atoms with E-state index in [-0.39, 0.29) is 16.6 Å². The fourth-order valence-corrected chi connectivity index (χ4v) is 4.35. The molecule has 0 aliphatic heterocycles. The van der Waals surface area contributed by atoms with Crippen molar-refractivity contribution in [1.29, 1.82) is 0 Å². The number of hydrogen-bond acceptors (Lipinski definition) is 6. The lowest BCUT2D eigenvalue weighted by atomic mass is 10.0. The van der Waals surface area contributed by atoms with Crippen molar-refractivity contribution in [2.45, 2.75) is 57.4 Å². The number of unbranched alkanes of at least 4 members (excludes halogenated alkanes) is 1. The molecule has 0 radical (unpaired) electrons. The molecule has 1 unspecified atom stereocenters. The van der Waals surface area contributed by atoms with E-state index in [1.807, 2.05) is 26.8 Å². The second-order valence-corrected chi connectivity index (χ2v) is 9.65. The first-order chi connectivity index (χ1) is 15.6. The number of sulfonamides is 1. The summed E-state index contributed by atoms with van der Waals surface area (Å²) in [5.74, 6) is -0.658. The number of ether oxygens (including phenoxy) is 2. The number of methoxy groups -OCH3 is 1. The van der Waals surface area contributed by atoms with Crippen LogP contribution in [0.3, 0.4) is 0 Å². The van der Waals surface area contributed by atoms with E-state index < -0.39 is 27.9 Å². The number of benzene rings is 2. The Morgan fingerprint density at radius 2 is 1.70 bits per heavy atom. The van der Waals surface area contributed by atoms with Gasteiger partial charge in [0.1, 0.15) is 10.6 Å². The molecule has 1 amide bonds. The van der Waals surface area contributed by atoms with Crippen LogP contribution in [0, 0.1) is 0 Å². The van der Waals surface area contributed by atoms with Crippen molar-refractivity contribution in [3.63, 3.8) is 0 Å². The topological polar surface area (TPSA) is 111 Å². The number of nitrogens with one attached hydrogen (secondary N) is 2. The summed E-state index contributed by atoms with van der Waals surface area (Å²) in [4.78, 5) is 24.5. The van der Waals surface area contributed by atoms with Crippen LogP contribution in [-0.2, 0) is 19.6 Å². The van der Waals surface area contributed by atoms with Crippen LogP contribution in [0.15, 0.2) is 47.4 Å². The number of amides is 1. The van der Waals surface area contributed by atoms with Crippen LogP contribution in [0.5, 0.6) is 5.75 Å². The van der Waals surface area contributed by atoms with Crippen molar-refractivity contribution in [2.24, 2.45) is 0 Å². The number of anilines is 1. The second kappa shape index (κ2) is 11.8. The molecule has 2 N–H and O–H groups in total. The minimum absolute atomic E-state index is 0.0261. The van der Waals surface area contributed by atoms with E-state index >= 15 is 0 Å². The van der Waals surface area contributed by atoms with E-state index in [2.05, 4.69) is 10.0 Å². The van der Waals surface area contributed by atoms with Gasteiger partial charge in [0.15, 0.2) is 0 Å². The number of esters is 1. The maximum absolute atomic E-state index is 13.0. The van der Waals surface area contributed by atoms with Gasteiger partial charge in [-0.3, -0.25) is 4.79 Å². The first-order valence-electron chi connectivity index (χ1n) is 10.9. The van der Waals surface area contributed by atoms with Gasteiger partial charge in [-0.05, 0) is 61.2 Å². The lowest BCUT2D eigenvalue weighted by molar-refractivity contribution is -0.117. The van der Waals surface area contributed by atoms with Gasteiger partial charge in [0.25, 0.3) is 0 Å². The maximum Gasteiger partial charge on any atom is 0.338 e. The summed E-state index contributed by atoms with van der Waals surface area (Å²) < 4.78 is 38.7. The standard InChI is InChI=1S/C24H32N2O6S/c1-6-7-14-32-24(28)18-8-11-20(12-9-18)25-23(27)17(4)26-33(29,30)22-15-19(16(2)3)10-13-21(22)31-5/h8-13,15-17,26H,6-7,14H2,1-5H3,(H,25,27). The second-order valence-electron chi connectivity index (χ2n) is 7.96. The first-order valence-corrected chi connectivity index (χ1v) is 12.4. The molecule has 0 bridgehead atoms. The molecule has 0 aliphatic rings. The zero-order chi connectivity index (χ0) is 24.6. The van der Waals surface area contributed by atoms with E-state index in [9.17, 15) is 18.0 Å². The summed E-state index contributed by atoms with van der Waals surface area (Å²) in [6.45, 7) is 7.73. The number of hydrogen-bond donors (Lipinski definition) is 2. The summed E-state index contributed by atoms with van der Waals surface area (Å²) in [5, 5.41) is 2.64. The van der Waals surface area contributed by atoms with E-state index in [0.717, 1.165) is 18.4 Å². The zero-order valence-corrected chi connectivity index (χ0v) is 20.5. The Balaban J connectivity index is 2.07. The highest BCUT2D eigenvalue weighted by atomic mass is 32.2. The summed E-state index contributed by atoms with van der Waals surface area (Å²) in [5.41, 5.74) is 1.63. The van der Waals surface area contributed by atoms with Gasteiger partial charge in [-0.1, -0.05) is 33.3 Å². The molecular formula is C24H32N2O6S. The van der Waals surface area contributed by atoms with Gasteiger partial charge < -0.3 is 14.8 Å². The van der Waals surface area contributed by atoms with Crippen LogP contribution in [0.2, 0.25) is 0 Å². The van der Waals surface area contributed by atoms with Crippen molar-refractivity contribution in [3.8, 4) is 5.75 Å². The molecular weight excluding hydrogens is 444 g/mol. The zero-order valence-electron chi connectivity index (χ0n) is 19.7. The minimum atomic E-state index is -4.02. The Kier molecular flexibility index (Phi) is 9.43. The minimum Gasteiger partial charge on any atom is -0.495 e. The Morgan fingerprint density at radius 1 is 1.03 bits per heavy atom. The van der Waals surface area contributed by atoms with Gasteiger partial charge in [-0.2, -0.15) is 4.72 Å². The summed E-state index contributed by atoms with van der Waals surface area (Å²) in [6.07, 6.45) is 1.72. The lowest BCUT2D eigenvalue weighted by Crippen LogP contribution is -2.41. The summed E-state index contributed by atoms with van der Waals surface area (Å²) in [7, 11) is -2.63. The number of carbonyl (C=O) groups excluding carboxylic acids is 2. The van der Waals surface area contributed by atoms with Crippen LogP contribution in [0.1, 0.15) is 62.4 Å². The third kappa shape index (κ3) is 7.30. The van der Waals surface area contributed by atoms with Gasteiger partial charge in [0.05, 0.1) is 25.3 Å². The monoisotopic (exact) mass is 476 g/mol. The Bertz CT molecular complexity index is 1060. The van der Waals surface area contributed by atoms with Gasteiger partial charge in [-0.25, -0.2) is 13.2 Å². The predicted molar refractivity (Wildman–Crippen MR) is 127 cm³/mol. The third-order valence-electron chi connectivity index (χ3n) is 4.99. The molecule has 0 spiro atoms. The van der Waals surface area contributed by atoms with E-state index in [1.54, 1.807) is 36.4 Å². The Morgan fingerprint density at radius 3 is 2.27 bits per heavy atom. The molecule has 2 aromatic carbocycles. The summed E-state index contributed by atoms with van der Waals surface area (Å²) >= 11 is 0. The largest absolute Gasteiger partial charge is 0.495 e. The van der Waals surface area contributed by atoms with Crippen LogP contribution in [0.4, 0.5) is 5.69 Å². The van der Waals surface area contributed by atoms with Crippen LogP contribution >= 0.6 is 0 Å². The van der Waals surface area contributed by atoms with Crippen LogP contribution in [0.25, 0.3) is 0 Å². The molecule has 0 aromatic heterocycles. The third-order valence-corrected chi connectivity index (χ3v) is 6.55. The van der Waals surface area contributed by atoms with Crippen molar-refractivity contribution in [2.75, 3.05) is 19.0 Å². The average Bonchev–Trinajstić information content (AvgIpc) is 2.78. The van der Waals surface area contributed by atoms with Gasteiger partial charge in [0.2, 0.25) is 15.9 Å². The highest BCUT2D eigenvalue weighted by molar-refractivity contribution is 7.89. The van der Waals surface area contributed by atoms with Crippen LogP contribution in [-0.4, -0.2) is 40.1 Å². The molecule has 9 heteroatoms. The predicted octanol–water partition coefficient (Wildman–Crippen LogP) is 4.08. The molecule has 2 aromatic rings. The average molecular weight is 477 g/mol. The molecule has 8 nitrogen and oxygen atoms in total. The fourth-order valence-electron chi connectivity index (χ4n) is 2.94. The van der Waals surface area contributed by atoms with Crippen molar-refractivity contribution in [1.82, 2.24) is 4.72 Å². The number of rotatable bonds is 11. The highest BCUT2D eigenvalue weighted by Gasteiger charge is 2.26. The molecule has 0 aliphatic carbocycles. The van der Waals surface area contributed by atoms with E-state index in [1.165, 1.54) is 14.0 Å². The maximum atomic E-state index is 13.0. The highest BCUT2D eigenvalue weighted by Crippen LogP contribution is 2.28. The molecule has 0 saturated carbocycles. The molecule has 180 valence electrons. The quantitative estimate of drug-likeness (QED) is 0.373. The van der Waals surface area contributed by atoms with Gasteiger partial charge in [0, 0.05) is 5.69 Å². The molecule has 0 fully saturated rings. The van der Waals surface area contributed by atoms with E-state index in [4.69, 9.17) is 9.47 Å². The normalized spacial score (nSPS) is 12.3. The van der Waals surface area contributed by atoms with Crippen molar-refractivity contribution in [3.05, 3.63) is 53.6 Å². The molecule has 1 atom stereocenters.